The highest BCUT2D eigenvalue weighted by atomic mass is 32.1. The molecule has 1 saturated heterocycles. The highest BCUT2D eigenvalue weighted by Gasteiger charge is 2.23. The molecule has 0 N–H and O–H groups in total. The van der Waals surface area contributed by atoms with E-state index in [2.05, 4.69) is 30.8 Å². The molecule has 8 nitrogen and oxygen atoms in total. The number of benzene rings is 1. The van der Waals surface area contributed by atoms with Crippen molar-refractivity contribution in [3.8, 4) is 0 Å². The van der Waals surface area contributed by atoms with E-state index in [1.54, 1.807) is 23.7 Å². The zero-order chi connectivity index (χ0) is 20.0. The molecular formula is C20H18N6O2S. The molecule has 0 aliphatic carbocycles. The molecule has 1 aliphatic rings. The maximum Gasteiger partial charge on any atom is 0.295 e. The third kappa shape index (κ3) is 3.03. The van der Waals surface area contributed by atoms with Gasteiger partial charge in [-0.25, -0.2) is 15.0 Å². The fraction of sp³-hybridized carbons (Fsp3) is 0.250. The van der Waals surface area contributed by atoms with Crippen LogP contribution in [-0.4, -0.2) is 46.1 Å². The second kappa shape index (κ2) is 6.93. The first kappa shape index (κ1) is 17.7. The van der Waals surface area contributed by atoms with Crippen molar-refractivity contribution in [2.24, 2.45) is 0 Å². The molecular weight excluding hydrogens is 388 g/mol. The lowest BCUT2D eigenvalue weighted by Crippen LogP contribution is -2.47. The van der Waals surface area contributed by atoms with Crippen molar-refractivity contribution in [1.29, 1.82) is 0 Å². The number of nitrogens with zero attached hydrogens (tertiary/aromatic N) is 6. The molecule has 0 unspecified atom stereocenters. The molecule has 0 saturated carbocycles. The fourth-order valence-electron chi connectivity index (χ4n) is 3.94. The van der Waals surface area contributed by atoms with E-state index in [1.807, 2.05) is 24.4 Å². The predicted octanol–water partition coefficient (Wildman–Crippen LogP) is 3.78. The zero-order valence-corrected chi connectivity index (χ0v) is 16.6. The Balaban J connectivity index is 1.47. The molecule has 0 bridgehead atoms. The second-order valence-corrected chi connectivity index (χ2v) is 7.92. The van der Waals surface area contributed by atoms with Crippen molar-refractivity contribution in [3.05, 3.63) is 57.8 Å². The van der Waals surface area contributed by atoms with Gasteiger partial charge in [-0.3, -0.25) is 10.1 Å². The number of fused-ring (bicyclic) bond motifs is 2. The largest absolute Gasteiger partial charge is 0.367 e. The molecule has 0 amide bonds. The van der Waals surface area contributed by atoms with Crippen molar-refractivity contribution >= 4 is 49.6 Å². The van der Waals surface area contributed by atoms with Crippen LogP contribution in [0, 0.1) is 17.0 Å². The number of aromatic nitrogens is 3. The predicted molar refractivity (Wildman–Crippen MR) is 115 cm³/mol. The molecule has 0 atom stereocenters. The van der Waals surface area contributed by atoms with Crippen LogP contribution in [0.2, 0.25) is 0 Å². The topological polar surface area (TPSA) is 88.3 Å². The quantitative estimate of drug-likeness (QED) is 0.378. The number of thiophene rings is 1. The molecule has 5 rings (SSSR count). The van der Waals surface area contributed by atoms with Crippen LogP contribution in [0.4, 0.5) is 17.2 Å². The first-order valence-electron chi connectivity index (χ1n) is 9.34. The molecule has 3 aromatic heterocycles. The third-order valence-electron chi connectivity index (χ3n) is 5.28. The number of piperazine rings is 1. The van der Waals surface area contributed by atoms with Gasteiger partial charge < -0.3 is 9.80 Å². The molecule has 9 heteroatoms. The van der Waals surface area contributed by atoms with Gasteiger partial charge in [0.25, 0.3) is 5.69 Å². The summed E-state index contributed by atoms with van der Waals surface area (Å²) in [5.74, 6) is 0.974. The van der Waals surface area contributed by atoms with E-state index in [-0.39, 0.29) is 10.6 Å². The van der Waals surface area contributed by atoms with Crippen molar-refractivity contribution in [2.75, 3.05) is 36.0 Å². The van der Waals surface area contributed by atoms with E-state index in [9.17, 15) is 10.1 Å². The standard InChI is InChI=1S/C20H18N6O2S/c1-13-11-17(14-3-2-4-16(26(27)28)18(14)23-13)24-6-8-25(9-7-24)19-15-5-10-29-20(15)22-12-21-19/h2-5,10-12H,6-9H2,1H3. The number of hydrogen-bond donors (Lipinski definition) is 0. The van der Waals surface area contributed by atoms with Crippen molar-refractivity contribution in [3.63, 3.8) is 0 Å². The first-order chi connectivity index (χ1) is 14.1. The van der Waals surface area contributed by atoms with Crippen LogP contribution in [0.3, 0.4) is 0 Å². The van der Waals surface area contributed by atoms with Gasteiger partial charge in [0.05, 0.1) is 10.3 Å². The van der Waals surface area contributed by atoms with Crippen LogP contribution in [0.5, 0.6) is 0 Å². The summed E-state index contributed by atoms with van der Waals surface area (Å²) < 4.78 is 0. The van der Waals surface area contributed by atoms with E-state index in [1.165, 1.54) is 6.07 Å². The summed E-state index contributed by atoms with van der Waals surface area (Å²) in [6.45, 7) is 5.12. The Morgan fingerprint density at radius 1 is 1.07 bits per heavy atom. The number of non-ortho nitro benzene ring substituents is 1. The molecule has 29 heavy (non-hydrogen) atoms. The number of anilines is 2. The van der Waals surface area contributed by atoms with Gasteiger partial charge in [0.15, 0.2) is 5.52 Å². The average molecular weight is 406 g/mol. The number of nitro groups is 1. The monoisotopic (exact) mass is 406 g/mol. The zero-order valence-electron chi connectivity index (χ0n) is 15.8. The molecule has 1 fully saturated rings. The van der Waals surface area contributed by atoms with Gasteiger partial charge in [-0.05, 0) is 24.4 Å². The molecule has 4 aromatic rings. The molecule has 0 spiro atoms. The minimum absolute atomic E-state index is 0.0481. The smallest absolute Gasteiger partial charge is 0.295 e. The van der Waals surface area contributed by atoms with Crippen molar-refractivity contribution < 1.29 is 4.92 Å². The molecule has 4 heterocycles. The Morgan fingerprint density at radius 2 is 1.86 bits per heavy atom. The lowest BCUT2D eigenvalue weighted by atomic mass is 10.1. The van der Waals surface area contributed by atoms with Gasteiger partial charge in [0.1, 0.15) is 17.0 Å². The normalized spacial score (nSPS) is 14.7. The van der Waals surface area contributed by atoms with Crippen LogP contribution >= 0.6 is 11.3 Å². The van der Waals surface area contributed by atoms with Crippen LogP contribution in [0.25, 0.3) is 21.1 Å². The summed E-state index contributed by atoms with van der Waals surface area (Å²) in [6.07, 6.45) is 1.62. The van der Waals surface area contributed by atoms with Crippen LogP contribution in [0.15, 0.2) is 42.0 Å². The van der Waals surface area contributed by atoms with Crippen LogP contribution < -0.4 is 9.80 Å². The number of para-hydroxylation sites is 1. The van der Waals surface area contributed by atoms with Gasteiger partial charge in [0, 0.05) is 49.0 Å². The molecule has 0 radical (unpaired) electrons. The highest BCUT2D eigenvalue weighted by molar-refractivity contribution is 7.16. The van der Waals surface area contributed by atoms with Crippen LogP contribution in [0.1, 0.15) is 5.69 Å². The van der Waals surface area contributed by atoms with E-state index < -0.39 is 0 Å². The Labute approximate surface area is 170 Å². The molecule has 1 aromatic carbocycles. The first-order valence-corrected chi connectivity index (χ1v) is 10.2. The summed E-state index contributed by atoms with van der Waals surface area (Å²) >= 11 is 1.62. The Morgan fingerprint density at radius 3 is 2.66 bits per heavy atom. The highest BCUT2D eigenvalue weighted by Crippen LogP contribution is 2.33. The number of aryl methyl sites for hydroxylation is 1. The number of rotatable bonds is 3. The van der Waals surface area contributed by atoms with Gasteiger partial charge in [-0.2, -0.15) is 0 Å². The minimum atomic E-state index is -0.363. The number of nitro benzene ring substituents is 1. The molecule has 146 valence electrons. The van der Waals surface area contributed by atoms with Gasteiger partial charge in [-0.15, -0.1) is 11.3 Å². The van der Waals surface area contributed by atoms with E-state index in [0.717, 1.165) is 59.0 Å². The van der Waals surface area contributed by atoms with E-state index in [0.29, 0.717) is 5.52 Å². The molecule has 1 aliphatic heterocycles. The third-order valence-corrected chi connectivity index (χ3v) is 6.10. The Hall–Kier alpha value is -3.33. The van der Waals surface area contributed by atoms with Gasteiger partial charge in [-0.1, -0.05) is 12.1 Å². The van der Waals surface area contributed by atoms with Gasteiger partial charge >= 0.3 is 0 Å². The summed E-state index contributed by atoms with van der Waals surface area (Å²) in [5.41, 5.74) is 2.27. The van der Waals surface area contributed by atoms with Crippen molar-refractivity contribution in [2.45, 2.75) is 6.92 Å². The summed E-state index contributed by atoms with van der Waals surface area (Å²) in [6, 6.07) is 9.24. The second-order valence-electron chi connectivity index (χ2n) is 7.02. The van der Waals surface area contributed by atoms with Gasteiger partial charge in [0.2, 0.25) is 0 Å². The summed E-state index contributed by atoms with van der Waals surface area (Å²) in [4.78, 5) is 29.9. The van der Waals surface area contributed by atoms with Crippen LogP contribution in [-0.2, 0) is 0 Å². The maximum absolute atomic E-state index is 11.4. The number of hydrogen-bond acceptors (Lipinski definition) is 8. The fourth-order valence-corrected chi connectivity index (χ4v) is 4.66. The maximum atomic E-state index is 11.4. The summed E-state index contributed by atoms with van der Waals surface area (Å²) in [7, 11) is 0. The summed E-state index contributed by atoms with van der Waals surface area (Å²) in [5, 5.41) is 15.4. The Kier molecular flexibility index (Phi) is 4.24. The van der Waals surface area contributed by atoms with E-state index in [4.69, 9.17) is 0 Å². The minimum Gasteiger partial charge on any atom is -0.367 e. The van der Waals surface area contributed by atoms with Crippen molar-refractivity contribution in [1.82, 2.24) is 15.0 Å². The Bertz CT molecular complexity index is 1230. The SMILES string of the molecule is Cc1cc(N2CCN(c3ncnc4sccc34)CC2)c2cccc([N+](=O)[O-])c2n1. The number of pyridine rings is 1. The average Bonchev–Trinajstić information content (AvgIpc) is 3.22. The lowest BCUT2D eigenvalue weighted by Gasteiger charge is -2.37. The lowest BCUT2D eigenvalue weighted by molar-refractivity contribution is -0.383. The van der Waals surface area contributed by atoms with E-state index >= 15 is 0 Å².